The zero-order valence-corrected chi connectivity index (χ0v) is 12.7. The summed E-state index contributed by atoms with van der Waals surface area (Å²) in [6, 6.07) is 9.75. The molecule has 22 heavy (non-hydrogen) atoms. The summed E-state index contributed by atoms with van der Waals surface area (Å²) >= 11 is 0. The first-order valence-corrected chi connectivity index (χ1v) is 6.82. The number of carbonyl (C=O) groups excluding carboxylic acids is 1. The van der Waals surface area contributed by atoms with E-state index in [9.17, 15) is 15.0 Å². The second kappa shape index (κ2) is 6.30. The summed E-state index contributed by atoms with van der Waals surface area (Å²) in [5, 5.41) is 23.0. The van der Waals surface area contributed by atoms with Gasteiger partial charge in [-0.2, -0.15) is 5.10 Å². The zero-order chi connectivity index (χ0) is 16.3. The predicted molar refractivity (Wildman–Crippen MR) is 85.4 cm³/mol. The number of nitrogens with one attached hydrogen (secondary N) is 1. The summed E-state index contributed by atoms with van der Waals surface area (Å²) in [6.07, 6.45) is 0. The van der Waals surface area contributed by atoms with Crippen LogP contribution in [0.5, 0.6) is 11.5 Å². The molecule has 0 unspecified atom stereocenters. The lowest BCUT2D eigenvalue weighted by Gasteiger charge is -2.07. The fourth-order valence-corrected chi connectivity index (χ4v) is 2.15. The number of carbonyl (C=O) groups is 1. The van der Waals surface area contributed by atoms with Gasteiger partial charge in [-0.05, 0) is 44.5 Å². The lowest BCUT2D eigenvalue weighted by atomic mass is 10.1. The van der Waals surface area contributed by atoms with Crippen LogP contribution in [0.3, 0.4) is 0 Å². The summed E-state index contributed by atoms with van der Waals surface area (Å²) in [6.45, 7) is 5.49. The second-order valence-electron chi connectivity index (χ2n) is 5.16. The van der Waals surface area contributed by atoms with Gasteiger partial charge in [0.05, 0.1) is 5.71 Å². The number of phenolic OH excluding ortho intramolecular Hbond substituents is 2. The first-order chi connectivity index (χ1) is 10.4. The van der Waals surface area contributed by atoms with Crippen LogP contribution in [0.25, 0.3) is 0 Å². The smallest absolute Gasteiger partial charge is 0.271 e. The van der Waals surface area contributed by atoms with E-state index in [1.165, 1.54) is 18.2 Å². The Labute approximate surface area is 128 Å². The number of aromatic hydroxyl groups is 2. The second-order valence-corrected chi connectivity index (χ2v) is 5.16. The van der Waals surface area contributed by atoms with Crippen LogP contribution < -0.4 is 5.43 Å². The van der Waals surface area contributed by atoms with Gasteiger partial charge < -0.3 is 10.2 Å². The maximum absolute atomic E-state index is 12.1. The number of benzene rings is 2. The first kappa shape index (κ1) is 15.6. The minimum absolute atomic E-state index is 0.0339. The van der Waals surface area contributed by atoms with Crippen molar-refractivity contribution < 1.29 is 15.0 Å². The number of aryl methyl sites for hydroxylation is 2. The van der Waals surface area contributed by atoms with Gasteiger partial charge in [0, 0.05) is 17.2 Å². The van der Waals surface area contributed by atoms with Gasteiger partial charge in [0.15, 0.2) is 0 Å². The Balaban J connectivity index is 2.18. The maximum Gasteiger partial charge on any atom is 0.271 e. The number of amides is 1. The lowest BCUT2D eigenvalue weighted by Crippen LogP contribution is -2.20. The Kier molecular flexibility index (Phi) is 4.46. The average Bonchev–Trinajstić information content (AvgIpc) is 2.44. The largest absolute Gasteiger partial charge is 0.508 e. The molecule has 3 N–H and O–H groups in total. The van der Waals surface area contributed by atoms with Crippen molar-refractivity contribution in [3.8, 4) is 11.5 Å². The van der Waals surface area contributed by atoms with E-state index < -0.39 is 0 Å². The van der Waals surface area contributed by atoms with Gasteiger partial charge in [0.1, 0.15) is 11.5 Å². The van der Waals surface area contributed by atoms with Crippen molar-refractivity contribution in [2.75, 3.05) is 0 Å². The van der Waals surface area contributed by atoms with Crippen LogP contribution in [0, 0.1) is 13.8 Å². The molecule has 0 fully saturated rings. The number of hydrogen-bond acceptors (Lipinski definition) is 4. The van der Waals surface area contributed by atoms with Gasteiger partial charge >= 0.3 is 0 Å². The zero-order valence-electron chi connectivity index (χ0n) is 12.7. The van der Waals surface area contributed by atoms with E-state index in [2.05, 4.69) is 10.5 Å². The number of nitrogens with zero attached hydrogens (tertiary/aromatic N) is 1. The Morgan fingerprint density at radius 1 is 1.05 bits per heavy atom. The van der Waals surface area contributed by atoms with E-state index in [0.29, 0.717) is 16.8 Å². The fraction of sp³-hybridized carbons (Fsp3) is 0.176. The van der Waals surface area contributed by atoms with Crippen LogP contribution in [-0.4, -0.2) is 21.8 Å². The van der Waals surface area contributed by atoms with E-state index in [1.807, 2.05) is 26.0 Å². The normalized spacial score (nSPS) is 11.3. The van der Waals surface area contributed by atoms with Crippen LogP contribution in [0.2, 0.25) is 0 Å². The van der Waals surface area contributed by atoms with Crippen LogP contribution in [0.1, 0.15) is 34.0 Å². The molecule has 2 aromatic carbocycles. The molecule has 5 heteroatoms. The van der Waals surface area contributed by atoms with Crippen molar-refractivity contribution in [3.63, 3.8) is 0 Å². The Morgan fingerprint density at radius 3 is 2.36 bits per heavy atom. The van der Waals surface area contributed by atoms with Crippen molar-refractivity contribution in [2.24, 2.45) is 5.10 Å². The third-order valence-corrected chi connectivity index (χ3v) is 3.32. The molecular formula is C17H18N2O3. The standard InChI is InChI=1S/C17H18N2O3/c1-10-4-6-14(11(2)8-10)17(22)19-18-12(3)15-7-5-13(20)9-16(15)21/h4-9,20-21H,1-3H3,(H,19,22)/b18-12+. The third-order valence-electron chi connectivity index (χ3n) is 3.32. The number of hydrogen-bond donors (Lipinski definition) is 3. The summed E-state index contributed by atoms with van der Waals surface area (Å²) in [5.41, 5.74) is 5.87. The summed E-state index contributed by atoms with van der Waals surface area (Å²) < 4.78 is 0. The monoisotopic (exact) mass is 298 g/mol. The van der Waals surface area contributed by atoms with Crippen molar-refractivity contribution in [2.45, 2.75) is 20.8 Å². The van der Waals surface area contributed by atoms with Gasteiger partial charge in [-0.15, -0.1) is 0 Å². The molecule has 0 aliphatic rings. The Morgan fingerprint density at radius 2 is 1.73 bits per heavy atom. The molecule has 0 radical (unpaired) electrons. The van der Waals surface area contributed by atoms with Crippen LogP contribution in [0.15, 0.2) is 41.5 Å². The van der Waals surface area contributed by atoms with E-state index in [-0.39, 0.29) is 17.4 Å². The van der Waals surface area contributed by atoms with E-state index in [4.69, 9.17) is 0 Å². The quantitative estimate of drug-likeness (QED) is 0.602. The number of phenols is 2. The molecule has 0 aromatic heterocycles. The van der Waals surface area contributed by atoms with Gasteiger partial charge in [-0.25, -0.2) is 5.43 Å². The average molecular weight is 298 g/mol. The van der Waals surface area contributed by atoms with Gasteiger partial charge in [0.2, 0.25) is 0 Å². The lowest BCUT2D eigenvalue weighted by molar-refractivity contribution is 0.0954. The molecular weight excluding hydrogens is 280 g/mol. The van der Waals surface area contributed by atoms with Crippen LogP contribution in [0.4, 0.5) is 0 Å². The Bertz CT molecular complexity index is 752. The fourth-order valence-electron chi connectivity index (χ4n) is 2.15. The summed E-state index contributed by atoms with van der Waals surface area (Å²) in [5.74, 6) is -0.439. The summed E-state index contributed by atoms with van der Waals surface area (Å²) in [7, 11) is 0. The molecule has 0 saturated heterocycles. The molecule has 5 nitrogen and oxygen atoms in total. The molecule has 0 saturated carbocycles. The van der Waals surface area contributed by atoms with Crippen molar-refractivity contribution in [1.82, 2.24) is 5.43 Å². The molecule has 0 aliphatic heterocycles. The van der Waals surface area contributed by atoms with Gasteiger partial charge in [-0.3, -0.25) is 4.79 Å². The van der Waals surface area contributed by atoms with E-state index in [1.54, 1.807) is 13.0 Å². The van der Waals surface area contributed by atoms with Crippen LogP contribution in [-0.2, 0) is 0 Å². The van der Waals surface area contributed by atoms with Gasteiger partial charge in [-0.1, -0.05) is 17.7 Å². The molecule has 114 valence electrons. The van der Waals surface area contributed by atoms with Crippen molar-refractivity contribution in [1.29, 1.82) is 0 Å². The van der Waals surface area contributed by atoms with Gasteiger partial charge in [0.25, 0.3) is 5.91 Å². The van der Waals surface area contributed by atoms with Crippen molar-refractivity contribution in [3.05, 3.63) is 58.7 Å². The predicted octanol–water partition coefficient (Wildman–Crippen LogP) is 2.87. The molecule has 0 heterocycles. The van der Waals surface area contributed by atoms with E-state index >= 15 is 0 Å². The molecule has 1 amide bonds. The van der Waals surface area contributed by atoms with Crippen LogP contribution >= 0.6 is 0 Å². The number of hydrazone groups is 1. The molecule has 0 atom stereocenters. The Hall–Kier alpha value is -2.82. The van der Waals surface area contributed by atoms with E-state index in [0.717, 1.165) is 11.1 Å². The highest BCUT2D eigenvalue weighted by atomic mass is 16.3. The highest BCUT2D eigenvalue weighted by Gasteiger charge is 2.10. The number of rotatable bonds is 3. The third kappa shape index (κ3) is 3.44. The highest BCUT2D eigenvalue weighted by molar-refractivity contribution is 6.03. The first-order valence-electron chi connectivity index (χ1n) is 6.82. The highest BCUT2D eigenvalue weighted by Crippen LogP contribution is 2.23. The molecule has 0 aliphatic carbocycles. The summed E-state index contributed by atoms with van der Waals surface area (Å²) in [4.78, 5) is 12.1. The topological polar surface area (TPSA) is 81.9 Å². The van der Waals surface area contributed by atoms with Crippen molar-refractivity contribution >= 4 is 11.6 Å². The molecule has 0 bridgehead atoms. The molecule has 0 spiro atoms. The minimum atomic E-state index is -0.310. The molecule has 2 rings (SSSR count). The molecule has 2 aromatic rings. The minimum Gasteiger partial charge on any atom is -0.508 e. The SMILES string of the molecule is C/C(=N\NC(=O)c1ccc(C)cc1C)c1ccc(O)cc1O. The maximum atomic E-state index is 12.1.